The Kier molecular flexibility index (Phi) is 6.34. The van der Waals surface area contributed by atoms with Crippen molar-refractivity contribution in [3.63, 3.8) is 0 Å². The molecule has 1 aliphatic carbocycles. The van der Waals surface area contributed by atoms with Crippen LogP contribution >= 0.6 is 0 Å². The lowest BCUT2D eigenvalue weighted by molar-refractivity contribution is -0.384. The molecule has 0 radical (unpaired) electrons. The first-order valence-corrected chi connectivity index (χ1v) is 10.9. The molecule has 0 saturated carbocycles. The van der Waals surface area contributed by atoms with Crippen molar-refractivity contribution in [1.29, 1.82) is 5.26 Å². The van der Waals surface area contributed by atoms with E-state index in [0.29, 0.717) is 59.0 Å². The second-order valence-corrected chi connectivity index (χ2v) is 8.05. The maximum Gasteiger partial charge on any atom is 0.269 e. The number of methoxy groups -OCH3 is 3. The fourth-order valence-electron chi connectivity index (χ4n) is 4.70. The fraction of sp³-hybridized carbons (Fsp3) is 0.280. The van der Waals surface area contributed by atoms with Crippen molar-refractivity contribution in [2.75, 3.05) is 26.2 Å². The standard InChI is InChI=1S/C25H24N4O6/c1-33-20-11-16(12-21(34-2)24(20)35-3)28-18-5-4-6-19(30)23(18)22(17(13-26)25(28)27)14-7-9-15(10-8-14)29(31)32/h7-12,22H,4-6,27H2,1-3H3. The van der Waals surface area contributed by atoms with E-state index < -0.39 is 10.8 Å². The number of benzene rings is 2. The summed E-state index contributed by atoms with van der Waals surface area (Å²) in [7, 11) is 4.49. The third-order valence-corrected chi connectivity index (χ3v) is 6.26. The number of hydrogen-bond acceptors (Lipinski definition) is 9. The third-order valence-electron chi connectivity index (χ3n) is 6.26. The largest absolute Gasteiger partial charge is 0.493 e. The van der Waals surface area contributed by atoms with Crippen LogP contribution in [0.15, 0.2) is 59.1 Å². The molecule has 2 N–H and O–H groups in total. The van der Waals surface area contributed by atoms with E-state index in [2.05, 4.69) is 6.07 Å². The van der Waals surface area contributed by atoms with Crippen molar-refractivity contribution < 1.29 is 23.9 Å². The highest BCUT2D eigenvalue weighted by Gasteiger charge is 2.40. The molecule has 35 heavy (non-hydrogen) atoms. The van der Waals surface area contributed by atoms with Gasteiger partial charge < -0.3 is 19.9 Å². The van der Waals surface area contributed by atoms with Crippen molar-refractivity contribution >= 4 is 17.2 Å². The smallest absolute Gasteiger partial charge is 0.269 e. The normalized spacial score (nSPS) is 17.6. The molecule has 0 amide bonds. The van der Waals surface area contributed by atoms with E-state index in [-0.39, 0.29) is 22.9 Å². The Hall–Kier alpha value is -4.52. The van der Waals surface area contributed by atoms with Gasteiger partial charge in [0.1, 0.15) is 5.82 Å². The molecule has 0 aromatic heterocycles. The lowest BCUT2D eigenvalue weighted by atomic mass is 9.75. The topological polar surface area (TPSA) is 141 Å². The number of non-ortho nitro benzene ring substituents is 1. The minimum atomic E-state index is -0.720. The number of allylic oxidation sites excluding steroid dienone is 3. The van der Waals surface area contributed by atoms with E-state index in [1.54, 1.807) is 29.2 Å². The summed E-state index contributed by atoms with van der Waals surface area (Å²) in [4.78, 5) is 25.6. The van der Waals surface area contributed by atoms with Crippen LogP contribution in [0.3, 0.4) is 0 Å². The average Bonchev–Trinajstić information content (AvgIpc) is 2.87. The summed E-state index contributed by atoms with van der Waals surface area (Å²) >= 11 is 0. The first-order valence-electron chi connectivity index (χ1n) is 10.9. The lowest BCUT2D eigenvalue weighted by Gasteiger charge is -2.39. The van der Waals surface area contributed by atoms with Crippen molar-refractivity contribution in [1.82, 2.24) is 0 Å². The number of nitrogens with zero attached hydrogens (tertiary/aromatic N) is 3. The van der Waals surface area contributed by atoms with Crippen molar-refractivity contribution in [3.8, 4) is 23.3 Å². The van der Waals surface area contributed by atoms with Gasteiger partial charge >= 0.3 is 0 Å². The molecule has 180 valence electrons. The first kappa shape index (κ1) is 23.6. The number of Topliss-reactive ketones (excluding diaryl/α,β-unsaturated/α-hetero) is 1. The number of nitro groups is 1. The number of ether oxygens (including phenoxy) is 3. The van der Waals surface area contributed by atoms with Crippen LogP contribution in [0.25, 0.3) is 0 Å². The molecule has 0 bridgehead atoms. The van der Waals surface area contributed by atoms with Gasteiger partial charge in [-0.05, 0) is 18.4 Å². The number of rotatable bonds is 6. The van der Waals surface area contributed by atoms with Crippen LogP contribution in [-0.4, -0.2) is 32.0 Å². The summed E-state index contributed by atoms with van der Waals surface area (Å²) in [5.41, 5.74) is 8.97. The van der Waals surface area contributed by atoms with Gasteiger partial charge in [0.15, 0.2) is 17.3 Å². The van der Waals surface area contributed by atoms with Crippen LogP contribution < -0.4 is 24.8 Å². The molecule has 10 nitrogen and oxygen atoms in total. The summed E-state index contributed by atoms with van der Waals surface area (Å²) in [6.45, 7) is 0. The van der Waals surface area contributed by atoms with Crippen molar-refractivity contribution in [2.45, 2.75) is 25.2 Å². The number of nitrogens with two attached hydrogens (primary N) is 1. The summed E-state index contributed by atoms with van der Waals surface area (Å²) in [5, 5.41) is 21.3. The molecule has 1 aliphatic heterocycles. The van der Waals surface area contributed by atoms with Crippen LogP contribution in [-0.2, 0) is 4.79 Å². The SMILES string of the molecule is COc1cc(N2C(N)=C(C#N)C(c3ccc([N+](=O)[O-])cc3)C3=C2CCCC3=O)cc(OC)c1OC. The maximum atomic E-state index is 13.2. The summed E-state index contributed by atoms with van der Waals surface area (Å²) in [5.74, 6) is 0.550. The highest BCUT2D eigenvalue weighted by atomic mass is 16.6. The molecular formula is C25H24N4O6. The highest BCUT2D eigenvalue weighted by Crippen LogP contribution is 2.49. The molecule has 0 fully saturated rings. The predicted octanol–water partition coefficient (Wildman–Crippen LogP) is 3.93. The molecule has 2 aromatic carbocycles. The Bertz CT molecular complexity index is 1280. The van der Waals surface area contributed by atoms with Gasteiger partial charge in [0.05, 0.1) is 49.5 Å². The van der Waals surface area contributed by atoms with Gasteiger partial charge in [-0.25, -0.2) is 0 Å². The van der Waals surface area contributed by atoms with Crippen LogP contribution in [0, 0.1) is 21.4 Å². The zero-order chi connectivity index (χ0) is 25.3. The quantitative estimate of drug-likeness (QED) is 0.485. The van der Waals surface area contributed by atoms with Gasteiger partial charge in [-0.15, -0.1) is 0 Å². The Balaban J connectivity index is 1.95. The second kappa shape index (κ2) is 9.38. The molecular weight excluding hydrogens is 452 g/mol. The number of hydrogen-bond donors (Lipinski definition) is 1. The fourth-order valence-corrected chi connectivity index (χ4v) is 4.70. The zero-order valence-corrected chi connectivity index (χ0v) is 19.5. The minimum absolute atomic E-state index is 0.0803. The molecule has 2 aromatic rings. The summed E-state index contributed by atoms with van der Waals surface area (Å²) < 4.78 is 16.4. The molecule has 10 heteroatoms. The van der Waals surface area contributed by atoms with E-state index in [1.165, 1.54) is 33.5 Å². The number of carbonyl (C=O) groups excluding carboxylic acids is 1. The molecule has 4 rings (SSSR count). The van der Waals surface area contributed by atoms with E-state index in [0.717, 1.165) is 0 Å². The Morgan fingerprint density at radius 2 is 1.71 bits per heavy atom. The van der Waals surface area contributed by atoms with Crippen molar-refractivity contribution in [3.05, 3.63) is 74.7 Å². The lowest BCUT2D eigenvalue weighted by Crippen LogP contribution is -2.38. The van der Waals surface area contributed by atoms with E-state index in [4.69, 9.17) is 19.9 Å². The van der Waals surface area contributed by atoms with Crippen molar-refractivity contribution in [2.24, 2.45) is 5.73 Å². The van der Waals surface area contributed by atoms with Gasteiger partial charge in [0.2, 0.25) is 5.75 Å². The Morgan fingerprint density at radius 1 is 1.09 bits per heavy atom. The monoisotopic (exact) mass is 476 g/mol. The number of carbonyl (C=O) groups is 1. The van der Waals surface area contributed by atoms with E-state index in [1.807, 2.05) is 0 Å². The summed E-state index contributed by atoms with van der Waals surface area (Å²) in [6, 6.07) is 11.4. The molecule has 1 unspecified atom stereocenters. The number of ketones is 1. The number of nitriles is 1. The van der Waals surface area contributed by atoms with Crippen LogP contribution in [0.2, 0.25) is 0 Å². The van der Waals surface area contributed by atoms with E-state index in [9.17, 15) is 20.2 Å². The molecule has 0 spiro atoms. The number of anilines is 1. The first-order chi connectivity index (χ1) is 16.9. The molecule has 0 saturated heterocycles. The van der Waals surface area contributed by atoms with Gasteiger partial charge in [-0.2, -0.15) is 5.26 Å². The second-order valence-electron chi connectivity index (χ2n) is 8.05. The predicted molar refractivity (Wildman–Crippen MR) is 127 cm³/mol. The zero-order valence-electron chi connectivity index (χ0n) is 19.5. The van der Waals surface area contributed by atoms with E-state index >= 15 is 0 Å². The molecule has 2 aliphatic rings. The van der Waals surface area contributed by atoms with Gasteiger partial charge in [-0.3, -0.25) is 19.8 Å². The summed E-state index contributed by atoms with van der Waals surface area (Å²) in [6.07, 6.45) is 1.52. The highest BCUT2D eigenvalue weighted by molar-refractivity contribution is 6.01. The Labute approximate surface area is 201 Å². The number of nitro benzene ring substituents is 1. The Morgan fingerprint density at radius 3 is 2.23 bits per heavy atom. The minimum Gasteiger partial charge on any atom is -0.493 e. The van der Waals surface area contributed by atoms with Gasteiger partial charge in [0, 0.05) is 42.0 Å². The van der Waals surface area contributed by atoms with Crippen LogP contribution in [0.4, 0.5) is 11.4 Å². The average molecular weight is 476 g/mol. The van der Waals surface area contributed by atoms with Crippen LogP contribution in [0.1, 0.15) is 30.7 Å². The van der Waals surface area contributed by atoms with Gasteiger partial charge in [-0.1, -0.05) is 12.1 Å². The maximum absolute atomic E-state index is 13.2. The molecule has 1 atom stereocenters. The van der Waals surface area contributed by atoms with Gasteiger partial charge in [0.25, 0.3) is 5.69 Å². The molecule has 1 heterocycles. The van der Waals surface area contributed by atoms with Crippen LogP contribution in [0.5, 0.6) is 17.2 Å². The third kappa shape index (κ3) is 3.91.